The number of amides is 1. The summed E-state index contributed by atoms with van der Waals surface area (Å²) in [5, 5.41) is 8.16. The number of sulfonamides is 1. The third-order valence-electron chi connectivity index (χ3n) is 4.35. The highest BCUT2D eigenvalue weighted by Gasteiger charge is 2.14. The summed E-state index contributed by atoms with van der Waals surface area (Å²) in [4.78, 5) is 29.2. The molecule has 9 heteroatoms. The van der Waals surface area contributed by atoms with Gasteiger partial charge in [-0.2, -0.15) is 0 Å². The summed E-state index contributed by atoms with van der Waals surface area (Å²) in [6.45, 7) is 0. The van der Waals surface area contributed by atoms with E-state index in [4.69, 9.17) is 5.14 Å². The summed E-state index contributed by atoms with van der Waals surface area (Å²) in [5.41, 5.74) is 1.96. The molecule has 0 unspecified atom stereocenters. The van der Waals surface area contributed by atoms with Gasteiger partial charge in [0.2, 0.25) is 10.0 Å². The predicted octanol–water partition coefficient (Wildman–Crippen LogP) is 3.43. The number of carbonyl (C=O) groups is 2. The van der Waals surface area contributed by atoms with Gasteiger partial charge >= 0.3 is 0 Å². The molecular formula is C21H15N3O4S2. The Hall–Kier alpha value is -3.40. The lowest BCUT2D eigenvalue weighted by atomic mass is 10.0. The second-order valence-corrected chi connectivity index (χ2v) is 9.01. The minimum atomic E-state index is -3.82. The van der Waals surface area contributed by atoms with Crippen molar-refractivity contribution in [3.05, 3.63) is 89.5 Å². The van der Waals surface area contributed by atoms with E-state index < -0.39 is 10.0 Å². The number of carbonyl (C=O) groups excluding carboxylic acids is 2. The summed E-state index contributed by atoms with van der Waals surface area (Å²) in [7, 11) is -3.82. The molecule has 0 aliphatic rings. The van der Waals surface area contributed by atoms with Crippen LogP contribution in [0.3, 0.4) is 0 Å². The molecule has 0 saturated carbocycles. The minimum absolute atomic E-state index is 0.0183. The number of anilines is 1. The second-order valence-electron chi connectivity index (χ2n) is 6.42. The molecule has 1 aromatic heterocycles. The number of nitrogens with one attached hydrogen (secondary N) is 1. The smallest absolute Gasteiger partial charge is 0.257 e. The first-order valence-electron chi connectivity index (χ1n) is 8.76. The van der Waals surface area contributed by atoms with Crippen molar-refractivity contribution >= 4 is 48.4 Å². The molecular weight excluding hydrogens is 422 g/mol. The molecule has 3 aromatic carbocycles. The molecule has 0 aliphatic heterocycles. The highest BCUT2D eigenvalue weighted by Crippen LogP contribution is 2.28. The molecule has 1 amide bonds. The van der Waals surface area contributed by atoms with E-state index >= 15 is 0 Å². The van der Waals surface area contributed by atoms with Crippen LogP contribution in [0.2, 0.25) is 0 Å². The van der Waals surface area contributed by atoms with Crippen molar-refractivity contribution in [3.8, 4) is 0 Å². The predicted molar refractivity (Wildman–Crippen MR) is 115 cm³/mol. The highest BCUT2D eigenvalue weighted by molar-refractivity contribution is 7.89. The van der Waals surface area contributed by atoms with Gasteiger partial charge in [-0.05, 0) is 30.3 Å². The van der Waals surface area contributed by atoms with Crippen LogP contribution >= 0.6 is 11.3 Å². The van der Waals surface area contributed by atoms with E-state index in [2.05, 4.69) is 10.3 Å². The number of nitrogens with zero attached hydrogens (tertiary/aromatic N) is 1. The van der Waals surface area contributed by atoms with Gasteiger partial charge < -0.3 is 0 Å². The van der Waals surface area contributed by atoms with Gasteiger partial charge in [-0.1, -0.05) is 53.8 Å². The van der Waals surface area contributed by atoms with Crippen LogP contribution in [0.15, 0.2) is 77.7 Å². The summed E-state index contributed by atoms with van der Waals surface area (Å²) < 4.78 is 23.5. The minimum Gasteiger partial charge on any atom is -0.298 e. The molecule has 0 radical (unpaired) electrons. The summed E-state index contributed by atoms with van der Waals surface area (Å²) in [6.07, 6.45) is 0. The first-order valence-corrected chi connectivity index (χ1v) is 11.1. The lowest BCUT2D eigenvalue weighted by Crippen LogP contribution is -2.12. The van der Waals surface area contributed by atoms with Crippen molar-refractivity contribution in [2.75, 3.05) is 5.32 Å². The lowest BCUT2D eigenvalue weighted by molar-refractivity contribution is 0.102. The van der Waals surface area contributed by atoms with Crippen LogP contribution in [0.25, 0.3) is 10.2 Å². The van der Waals surface area contributed by atoms with Crippen molar-refractivity contribution in [2.45, 2.75) is 4.90 Å². The number of rotatable bonds is 5. The van der Waals surface area contributed by atoms with Crippen LogP contribution in [0, 0.1) is 0 Å². The van der Waals surface area contributed by atoms with Crippen molar-refractivity contribution in [1.82, 2.24) is 4.98 Å². The van der Waals surface area contributed by atoms with Crippen LogP contribution in [-0.4, -0.2) is 25.1 Å². The topological polar surface area (TPSA) is 119 Å². The van der Waals surface area contributed by atoms with Gasteiger partial charge in [0.1, 0.15) is 0 Å². The van der Waals surface area contributed by atoms with Crippen molar-refractivity contribution in [1.29, 1.82) is 0 Å². The number of fused-ring (bicyclic) bond motifs is 1. The SMILES string of the molecule is NS(=O)(=O)c1ccc2nc(NC(=O)c3ccc(C(=O)c4ccccc4)cc3)sc2c1. The highest BCUT2D eigenvalue weighted by atomic mass is 32.2. The number of ketones is 1. The standard InChI is InChI=1S/C21H15N3O4S2/c22-30(27,28)16-10-11-17-18(12-16)29-21(23-17)24-20(26)15-8-6-14(7-9-15)19(25)13-4-2-1-3-5-13/h1-12H,(H2,22,27,28)(H,23,24,26). The van der Waals surface area contributed by atoms with Gasteiger partial charge in [-0.15, -0.1) is 0 Å². The fourth-order valence-corrected chi connectivity index (χ4v) is 4.35. The fourth-order valence-electron chi connectivity index (χ4n) is 2.83. The van der Waals surface area contributed by atoms with Gasteiger partial charge in [-0.25, -0.2) is 18.5 Å². The zero-order valence-corrected chi connectivity index (χ0v) is 17.0. The van der Waals surface area contributed by atoms with E-state index in [1.54, 1.807) is 48.5 Å². The molecule has 3 N–H and O–H groups in total. The second kappa shape index (κ2) is 7.79. The molecule has 1 heterocycles. The van der Waals surface area contributed by atoms with E-state index in [1.807, 2.05) is 6.07 Å². The average Bonchev–Trinajstić information content (AvgIpc) is 3.14. The Morgan fingerprint density at radius 2 is 1.50 bits per heavy atom. The Morgan fingerprint density at radius 1 is 0.867 bits per heavy atom. The molecule has 4 aromatic rings. The van der Waals surface area contributed by atoms with Gasteiger partial charge in [-0.3, -0.25) is 14.9 Å². The van der Waals surface area contributed by atoms with Crippen molar-refractivity contribution in [3.63, 3.8) is 0 Å². The Labute approximate surface area is 176 Å². The van der Waals surface area contributed by atoms with E-state index in [0.717, 1.165) is 11.3 Å². The molecule has 7 nitrogen and oxygen atoms in total. The normalized spacial score (nSPS) is 11.4. The monoisotopic (exact) mass is 437 g/mol. The van der Waals surface area contributed by atoms with Crippen LogP contribution in [0.1, 0.15) is 26.3 Å². The molecule has 0 aliphatic carbocycles. The first kappa shape index (κ1) is 19.9. The van der Waals surface area contributed by atoms with Crippen molar-refractivity contribution in [2.24, 2.45) is 5.14 Å². The van der Waals surface area contributed by atoms with E-state index in [-0.39, 0.29) is 16.6 Å². The van der Waals surface area contributed by atoms with Gasteiger partial charge in [0.25, 0.3) is 5.91 Å². The Morgan fingerprint density at radius 3 is 2.17 bits per heavy atom. The van der Waals surface area contributed by atoms with Crippen molar-refractivity contribution < 1.29 is 18.0 Å². The van der Waals surface area contributed by atoms with E-state index in [9.17, 15) is 18.0 Å². The number of aromatic nitrogens is 1. The summed E-state index contributed by atoms with van der Waals surface area (Å²) in [5.74, 6) is -0.515. The maximum absolute atomic E-state index is 12.5. The molecule has 150 valence electrons. The first-order chi connectivity index (χ1) is 14.3. The fraction of sp³-hybridized carbons (Fsp3) is 0. The number of primary sulfonamides is 1. The number of thiazole rings is 1. The molecule has 0 spiro atoms. The molecule has 0 fully saturated rings. The zero-order valence-electron chi connectivity index (χ0n) is 15.4. The third kappa shape index (κ3) is 4.13. The zero-order chi connectivity index (χ0) is 21.3. The van der Waals surface area contributed by atoms with Gasteiger partial charge in [0.05, 0.1) is 15.1 Å². The van der Waals surface area contributed by atoms with Crippen LogP contribution in [-0.2, 0) is 10.0 Å². The molecule has 0 atom stereocenters. The molecule has 0 saturated heterocycles. The van der Waals surface area contributed by atoms with Crippen LogP contribution < -0.4 is 10.5 Å². The Bertz CT molecular complexity index is 1360. The number of hydrogen-bond donors (Lipinski definition) is 2. The maximum Gasteiger partial charge on any atom is 0.257 e. The maximum atomic E-state index is 12.5. The van der Waals surface area contributed by atoms with Crippen LogP contribution in [0.5, 0.6) is 0 Å². The Kier molecular flexibility index (Phi) is 5.17. The van der Waals surface area contributed by atoms with Gasteiger partial charge in [0, 0.05) is 16.7 Å². The summed E-state index contributed by atoms with van der Waals surface area (Å²) in [6, 6.07) is 19.5. The number of benzene rings is 3. The van der Waals surface area contributed by atoms with E-state index in [0.29, 0.717) is 32.0 Å². The molecule has 0 bridgehead atoms. The number of hydrogen-bond acceptors (Lipinski definition) is 6. The van der Waals surface area contributed by atoms with Crippen LogP contribution in [0.4, 0.5) is 5.13 Å². The number of nitrogens with two attached hydrogens (primary N) is 1. The quantitative estimate of drug-likeness (QED) is 0.464. The average molecular weight is 438 g/mol. The lowest BCUT2D eigenvalue weighted by Gasteiger charge is -2.04. The Balaban J connectivity index is 1.52. The largest absolute Gasteiger partial charge is 0.298 e. The molecule has 30 heavy (non-hydrogen) atoms. The third-order valence-corrected chi connectivity index (χ3v) is 6.20. The van der Waals surface area contributed by atoms with Gasteiger partial charge in [0.15, 0.2) is 10.9 Å². The molecule has 4 rings (SSSR count). The summed E-state index contributed by atoms with van der Waals surface area (Å²) >= 11 is 1.14. The van der Waals surface area contributed by atoms with E-state index in [1.165, 1.54) is 18.2 Å².